The van der Waals surface area contributed by atoms with Crippen LogP contribution in [0.5, 0.6) is 0 Å². The van der Waals surface area contributed by atoms with E-state index in [-0.39, 0.29) is 24.5 Å². The Hall–Kier alpha value is -1.10. The maximum atomic E-state index is 12.2. The Morgan fingerprint density at radius 3 is 2.43 bits per heavy atom. The minimum absolute atomic E-state index is 0.0882. The molecule has 1 aliphatic heterocycles. The summed E-state index contributed by atoms with van der Waals surface area (Å²) in [6, 6.07) is 0. The fraction of sp³-hybridized carbons (Fsp3) is 0.875. The van der Waals surface area contributed by atoms with Gasteiger partial charge in [-0.25, -0.2) is 0 Å². The molecule has 1 saturated heterocycles. The minimum Gasteiger partial charge on any atom is -0.370 e. The van der Waals surface area contributed by atoms with Crippen molar-refractivity contribution in [2.75, 3.05) is 19.7 Å². The maximum absolute atomic E-state index is 12.2. The van der Waals surface area contributed by atoms with E-state index in [2.05, 4.69) is 6.92 Å². The third-order valence-electron chi connectivity index (χ3n) is 4.91. The first-order chi connectivity index (χ1) is 10.1. The highest BCUT2D eigenvalue weighted by atomic mass is 16.5. The molecule has 0 spiro atoms. The number of piperidine rings is 1. The van der Waals surface area contributed by atoms with Crippen LogP contribution in [0, 0.1) is 11.8 Å². The fourth-order valence-corrected chi connectivity index (χ4v) is 3.47. The van der Waals surface area contributed by atoms with Crippen molar-refractivity contribution in [1.82, 2.24) is 4.90 Å². The average Bonchev–Trinajstić information content (AvgIpc) is 2.46. The summed E-state index contributed by atoms with van der Waals surface area (Å²) in [5.74, 6) is 0.749. The molecule has 2 aliphatic rings. The maximum Gasteiger partial charge on any atom is 0.248 e. The zero-order valence-electron chi connectivity index (χ0n) is 13.1. The number of primary amides is 1. The SMILES string of the molecule is C[C@@H]1CCCC[C@H]1OCC(=O)N1CCC(CC(N)=O)CC1. The summed E-state index contributed by atoms with van der Waals surface area (Å²) in [6.45, 7) is 3.86. The van der Waals surface area contributed by atoms with Gasteiger partial charge in [-0.2, -0.15) is 0 Å². The van der Waals surface area contributed by atoms with Gasteiger partial charge in [0.15, 0.2) is 0 Å². The first-order valence-corrected chi connectivity index (χ1v) is 8.24. The van der Waals surface area contributed by atoms with Crippen LogP contribution in [-0.4, -0.2) is 42.5 Å². The van der Waals surface area contributed by atoms with E-state index < -0.39 is 0 Å². The van der Waals surface area contributed by atoms with Crippen molar-refractivity contribution in [3.05, 3.63) is 0 Å². The highest BCUT2D eigenvalue weighted by Crippen LogP contribution is 2.26. The summed E-state index contributed by atoms with van der Waals surface area (Å²) in [5.41, 5.74) is 5.22. The Morgan fingerprint density at radius 1 is 1.14 bits per heavy atom. The number of nitrogens with zero attached hydrogens (tertiary/aromatic N) is 1. The number of amides is 2. The van der Waals surface area contributed by atoms with E-state index in [1.807, 2.05) is 4.90 Å². The second-order valence-corrected chi connectivity index (χ2v) is 6.61. The summed E-state index contributed by atoms with van der Waals surface area (Å²) < 4.78 is 5.84. The standard InChI is InChI=1S/C16H28N2O3/c1-12-4-2-3-5-14(12)21-11-16(20)18-8-6-13(7-9-18)10-15(17)19/h12-14H,2-11H2,1H3,(H2,17,19)/t12-,14-/m1/s1. The Kier molecular flexibility index (Phi) is 6.03. The molecule has 0 bridgehead atoms. The molecule has 2 fully saturated rings. The topological polar surface area (TPSA) is 72.6 Å². The summed E-state index contributed by atoms with van der Waals surface area (Å²) in [6.07, 6.45) is 7.20. The third kappa shape index (κ3) is 4.99. The largest absolute Gasteiger partial charge is 0.370 e. The molecule has 2 N–H and O–H groups in total. The first-order valence-electron chi connectivity index (χ1n) is 8.24. The Labute approximate surface area is 127 Å². The minimum atomic E-state index is -0.241. The molecule has 1 aliphatic carbocycles. The van der Waals surface area contributed by atoms with Gasteiger partial charge in [0.05, 0.1) is 6.10 Å². The van der Waals surface area contributed by atoms with Gasteiger partial charge in [-0.3, -0.25) is 9.59 Å². The van der Waals surface area contributed by atoms with Crippen molar-refractivity contribution in [3.8, 4) is 0 Å². The summed E-state index contributed by atoms with van der Waals surface area (Å²) in [4.78, 5) is 25.0. The predicted octanol–water partition coefficient (Wildman–Crippen LogP) is 1.70. The zero-order valence-corrected chi connectivity index (χ0v) is 13.1. The lowest BCUT2D eigenvalue weighted by Gasteiger charge is -2.33. The van der Waals surface area contributed by atoms with Crippen LogP contribution in [0.3, 0.4) is 0 Å². The zero-order chi connectivity index (χ0) is 15.2. The summed E-state index contributed by atoms with van der Waals surface area (Å²) in [5, 5.41) is 0. The normalized spacial score (nSPS) is 27.6. The number of likely N-dealkylation sites (tertiary alicyclic amines) is 1. The van der Waals surface area contributed by atoms with E-state index in [0.717, 1.165) is 32.4 Å². The van der Waals surface area contributed by atoms with Crippen LogP contribution >= 0.6 is 0 Å². The van der Waals surface area contributed by atoms with Gasteiger partial charge in [0.25, 0.3) is 0 Å². The molecule has 0 aromatic heterocycles. The van der Waals surface area contributed by atoms with Gasteiger partial charge in [-0.1, -0.05) is 19.8 Å². The van der Waals surface area contributed by atoms with E-state index >= 15 is 0 Å². The number of carbonyl (C=O) groups is 2. The van der Waals surface area contributed by atoms with Crippen molar-refractivity contribution >= 4 is 11.8 Å². The highest BCUT2D eigenvalue weighted by Gasteiger charge is 2.26. The Balaban J connectivity index is 1.68. The lowest BCUT2D eigenvalue weighted by Crippen LogP contribution is -2.42. The fourth-order valence-electron chi connectivity index (χ4n) is 3.47. The van der Waals surface area contributed by atoms with Crippen LogP contribution in [0.25, 0.3) is 0 Å². The Bertz CT molecular complexity index is 365. The van der Waals surface area contributed by atoms with Gasteiger partial charge in [0.1, 0.15) is 6.61 Å². The first kappa shape index (κ1) is 16.3. The molecular weight excluding hydrogens is 268 g/mol. The second-order valence-electron chi connectivity index (χ2n) is 6.61. The van der Waals surface area contributed by atoms with Gasteiger partial charge in [-0.15, -0.1) is 0 Å². The molecule has 0 aromatic rings. The second kappa shape index (κ2) is 7.78. The molecular formula is C16H28N2O3. The van der Waals surface area contributed by atoms with E-state index in [1.54, 1.807) is 0 Å². The van der Waals surface area contributed by atoms with Crippen molar-refractivity contribution in [2.45, 2.75) is 58.0 Å². The molecule has 2 rings (SSSR count). The number of carbonyl (C=O) groups excluding carboxylic acids is 2. The monoisotopic (exact) mass is 296 g/mol. The van der Waals surface area contributed by atoms with Crippen LogP contribution in [0.15, 0.2) is 0 Å². The molecule has 5 heteroatoms. The molecule has 0 aromatic carbocycles. The van der Waals surface area contributed by atoms with E-state index in [4.69, 9.17) is 10.5 Å². The number of rotatable bonds is 5. The highest BCUT2D eigenvalue weighted by molar-refractivity contribution is 5.77. The molecule has 0 radical (unpaired) electrons. The molecule has 2 atom stereocenters. The van der Waals surface area contributed by atoms with Crippen LogP contribution in [0.1, 0.15) is 51.9 Å². The van der Waals surface area contributed by atoms with Gasteiger partial charge in [0, 0.05) is 19.5 Å². The van der Waals surface area contributed by atoms with Crippen LogP contribution in [0.4, 0.5) is 0 Å². The third-order valence-corrected chi connectivity index (χ3v) is 4.91. The van der Waals surface area contributed by atoms with Gasteiger partial charge >= 0.3 is 0 Å². The number of hydrogen-bond donors (Lipinski definition) is 1. The van der Waals surface area contributed by atoms with Crippen LogP contribution < -0.4 is 5.73 Å². The van der Waals surface area contributed by atoms with E-state index in [0.29, 0.717) is 18.3 Å². The Morgan fingerprint density at radius 2 is 1.81 bits per heavy atom. The van der Waals surface area contributed by atoms with Crippen molar-refractivity contribution in [2.24, 2.45) is 17.6 Å². The smallest absolute Gasteiger partial charge is 0.248 e. The molecule has 5 nitrogen and oxygen atoms in total. The van der Waals surface area contributed by atoms with Gasteiger partial charge in [-0.05, 0) is 37.5 Å². The lowest BCUT2D eigenvalue weighted by molar-refractivity contribution is -0.141. The quantitative estimate of drug-likeness (QED) is 0.839. The number of ether oxygens (including phenoxy) is 1. The molecule has 2 amide bonds. The van der Waals surface area contributed by atoms with Gasteiger partial charge in [0.2, 0.25) is 11.8 Å². The summed E-state index contributed by atoms with van der Waals surface area (Å²) in [7, 11) is 0. The molecule has 1 saturated carbocycles. The van der Waals surface area contributed by atoms with Crippen molar-refractivity contribution < 1.29 is 14.3 Å². The van der Waals surface area contributed by atoms with Crippen LogP contribution in [-0.2, 0) is 14.3 Å². The number of nitrogens with two attached hydrogens (primary N) is 1. The van der Waals surface area contributed by atoms with E-state index in [1.165, 1.54) is 19.3 Å². The molecule has 21 heavy (non-hydrogen) atoms. The summed E-state index contributed by atoms with van der Waals surface area (Å²) >= 11 is 0. The number of hydrogen-bond acceptors (Lipinski definition) is 3. The molecule has 1 heterocycles. The van der Waals surface area contributed by atoms with Crippen LogP contribution in [0.2, 0.25) is 0 Å². The van der Waals surface area contributed by atoms with E-state index in [9.17, 15) is 9.59 Å². The predicted molar refractivity (Wildman–Crippen MR) is 80.5 cm³/mol. The van der Waals surface area contributed by atoms with Gasteiger partial charge < -0.3 is 15.4 Å². The lowest BCUT2D eigenvalue weighted by atomic mass is 9.88. The van der Waals surface area contributed by atoms with Crippen molar-refractivity contribution in [1.29, 1.82) is 0 Å². The molecule has 0 unspecified atom stereocenters. The molecule has 120 valence electrons. The average molecular weight is 296 g/mol. The van der Waals surface area contributed by atoms with Crippen molar-refractivity contribution in [3.63, 3.8) is 0 Å².